The van der Waals surface area contributed by atoms with Gasteiger partial charge >= 0.3 is 5.97 Å². The molecule has 0 aliphatic rings. The van der Waals surface area contributed by atoms with Crippen LogP contribution >= 0.6 is 11.3 Å². The lowest BCUT2D eigenvalue weighted by atomic mass is 10.1. The summed E-state index contributed by atoms with van der Waals surface area (Å²) in [5, 5.41) is 4.00. The zero-order valence-electron chi connectivity index (χ0n) is 10.8. The van der Waals surface area contributed by atoms with Crippen molar-refractivity contribution in [1.29, 1.82) is 0 Å². The van der Waals surface area contributed by atoms with Gasteiger partial charge in [0.05, 0.1) is 12.1 Å². The summed E-state index contributed by atoms with van der Waals surface area (Å²) < 4.78 is 4.97. The Kier molecular flexibility index (Phi) is 4.46. The summed E-state index contributed by atoms with van der Waals surface area (Å²) in [4.78, 5) is 19.8. The molecule has 5 nitrogen and oxygen atoms in total. The summed E-state index contributed by atoms with van der Waals surface area (Å²) in [5.74, 6) is -0.395. The van der Waals surface area contributed by atoms with Crippen molar-refractivity contribution in [3.63, 3.8) is 0 Å². The first-order valence-electron chi connectivity index (χ1n) is 5.99. The predicted molar refractivity (Wildman–Crippen MR) is 74.3 cm³/mol. The van der Waals surface area contributed by atoms with Crippen molar-refractivity contribution in [2.45, 2.75) is 19.9 Å². The Bertz CT molecular complexity index is 542. The molecule has 0 aromatic carbocycles. The molecule has 6 heteroatoms. The Balaban J connectivity index is 2.12. The molecule has 0 spiro atoms. The summed E-state index contributed by atoms with van der Waals surface area (Å²) in [6.45, 7) is 4.14. The molecule has 0 bridgehead atoms. The van der Waals surface area contributed by atoms with E-state index in [2.05, 4.69) is 15.3 Å². The molecule has 1 atom stereocenters. The molecule has 2 rings (SSSR count). The molecular weight excluding hydrogens is 262 g/mol. The first-order valence-corrected chi connectivity index (χ1v) is 6.87. The van der Waals surface area contributed by atoms with Gasteiger partial charge in [0.2, 0.25) is 0 Å². The quantitative estimate of drug-likeness (QED) is 0.851. The molecular formula is C13H15N3O2S. The standard InChI is InChI=1S/C13H15N3O2S/c1-3-18-13(17)11-12(19-8-15-11)16-9(2)10-4-6-14-7-5-10/h4-9,16H,3H2,1-2H3. The van der Waals surface area contributed by atoms with E-state index in [0.717, 1.165) is 10.6 Å². The molecule has 1 unspecified atom stereocenters. The van der Waals surface area contributed by atoms with E-state index in [4.69, 9.17) is 4.74 Å². The maximum absolute atomic E-state index is 11.7. The smallest absolute Gasteiger partial charge is 0.360 e. The molecule has 2 aromatic rings. The number of nitrogens with one attached hydrogen (secondary N) is 1. The number of hydrogen-bond acceptors (Lipinski definition) is 6. The van der Waals surface area contributed by atoms with E-state index in [1.807, 2.05) is 19.1 Å². The van der Waals surface area contributed by atoms with Gasteiger partial charge < -0.3 is 10.1 Å². The van der Waals surface area contributed by atoms with Gasteiger partial charge in [-0.2, -0.15) is 0 Å². The summed E-state index contributed by atoms with van der Waals surface area (Å²) in [5.41, 5.74) is 3.07. The fourth-order valence-electron chi connectivity index (χ4n) is 1.63. The Morgan fingerprint density at radius 2 is 2.21 bits per heavy atom. The number of aromatic nitrogens is 2. The number of carbonyl (C=O) groups excluding carboxylic acids is 1. The van der Waals surface area contributed by atoms with E-state index in [1.165, 1.54) is 11.3 Å². The Morgan fingerprint density at radius 3 is 2.89 bits per heavy atom. The van der Waals surface area contributed by atoms with Gasteiger partial charge in [0, 0.05) is 18.4 Å². The van der Waals surface area contributed by atoms with Gasteiger partial charge in [-0.25, -0.2) is 9.78 Å². The summed E-state index contributed by atoms with van der Waals surface area (Å²) in [6.07, 6.45) is 3.49. The lowest BCUT2D eigenvalue weighted by Gasteiger charge is -2.14. The SMILES string of the molecule is CCOC(=O)c1ncsc1NC(C)c1ccncc1. The summed E-state index contributed by atoms with van der Waals surface area (Å²) >= 11 is 1.39. The van der Waals surface area contributed by atoms with Crippen LogP contribution in [0.15, 0.2) is 30.0 Å². The van der Waals surface area contributed by atoms with Crippen LogP contribution in [0.3, 0.4) is 0 Å². The summed E-state index contributed by atoms with van der Waals surface area (Å²) in [7, 11) is 0. The minimum absolute atomic E-state index is 0.0663. The molecule has 2 heterocycles. The van der Waals surface area contributed by atoms with E-state index in [-0.39, 0.29) is 6.04 Å². The van der Waals surface area contributed by atoms with E-state index in [0.29, 0.717) is 12.3 Å². The first kappa shape index (κ1) is 13.5. The number of hydrogen-bond donors (Lipinski definition) is 1. The molecule has 2 aromatic heterocycles. The highest BCUT2D eigenvalue weighted by atomic mass is 32.1. The van der Waals surface area contributed by atoms with Crippen molar-refractivity contribution in [3.8, 4) is 0 Å². The first-order chi connectivity index (χ1) is 9.22. The largest absolute Gasteiger partial charge is 0.461 e. The molecule has 0 aliphatic heterocycles. The van der Waals surface area contributed by atoms with Gasteiger partial charge in [-0.3, -0.25) is 4.98 Å². The van der Waals surface area contributed by atoms with Gasteiger partial charge in [-0.15, -0.1) is 11.3 Å². The van der Waals surface area contributed by atoms with E-state index in [1.54, 1.807) is 24.8 Å². The predicted octanol–water partition coefficient (Wildman–Crippen LogP) is 2.89. The highest BCUT2D eigenvalue weighted by Crippen LogP contribution is 2.26. The number of esters is 1. The minimum Gasteiger partial charge on any atom is -0.461 e. The third kappa shape index (κ3) is 3.29. The third-order valence-corrected chi connectivity index (χ3v) is 3.35. The van der Waals surface area contributed by atoms with Crippen molar-refractivity contribution in [2.75, 3.05) is 11.9 Å². The number of pyridine rings is 1. The number of carbonyl (C=O) groups is 1. The maximum Gasteiger partial charge on any atom is 0.360 e. The second kappa shape index (κ2) is 6.29. The van der Waals surface area contributed by atoms with E-state index < -0.39 is 5.97 Å². The molecule has 0 saturated heterocycles. The molecule has 0 saturated carbocycles. The van der Waals surface area contributed by atoms with Gasteiger partial charge in [0.15, 0.2) is 5.69 Å². The Morgan fingerprint density at radius 1 is 1.47 bits per heavy atom. The van der Waals surface area contributed by atoms with Crippen molar-refractivity contribution >= 4 is 22.3 Å². The lowest BCUT2D eigenvalue weighted by Crippen LogP contribution is -2.11. The highest BCUT2D eigenvalue weighted by Gasteiger charge is 2.17. The minimum atomic E-state index is -0.395. The number of anilines is 1. The van der Waals surface area contributed by atoms with Crippen molar-refractivity contribution < 1.29 is 9.53 Å². The molecule has 0 fully saturated rings. The van der Waals surface area contributed by atoms with Crippen LogP contribution in [0.4, 0.5) is 5.00 Å². The maximum atomic E-state index is 11.7. The Hall–Kier alpha value is -1.95. The van der Waals surface area contributed by atoms with Crippen LogP contribution in [-0.4, -0.2) is 22.5 Å². The highest BCUT2D eigenvalue weighted by molar-refractivity contribution is 7.14. The zero-order valence-corrected chi connectivity index (χ0v) is 11.6. The second-order valence-electron chi connectivity index (χ2n) is 3.90. The molecule has 0 amide bonds. The van der Waals surface area contributed by atoms with Gasteiger partial charge in [-0.1, -0.05) is 0 Å². The van der Waals surface area contributed by atoms with Gasteiger partial charge in [0.25, 0.3) is 0 Å². The summed E-state index contributed by atoms with van der Waals surface area (Å²) in [6, 6.07) is 3.93. The normalized spacial score (nSPS) is 11.9. The monoisotopic (exact) mass is 277 g/mol. The number of nitrogens with zero attached hydrogens (tertiary/aromatic N) is 2. The number of thiazole rings is 1. The Labute approximate surface area is 115 Å². The van der Waals surface area contributed by atoms with Crippen LogP contribution in [0.2, 0.25) is 0 Å². The average Bonchev–Trinajstić information content (AvgIpc) is 2.88. The van der Waals surface area contributed by atoms with Crippen LogP contribution in [0.1, 0.15) is 35.9 Å². The van der Waals surface area contributed by atoms with Crippen molar-refractivity contribution in [1.82, 2.24) is 9.97 Å². The van der Waals surface area contributed by atoms with Crippen molar-refractivity contribution in [2.24, 2.45) is 0 Å². The van der Waals surface area contributed by atoms with Crippen LogP contribution in [0.25, 0.3) is 0 Å². The topological polar surface area (TPSA) is 64.1 Å². The molecule has 100 valence electrons. The molecule has 1 N–H and O–H groups in total. The van der Waals surface area contributed by atoms with Crippen LogP contribution in [0, 0.1) is 0 Å². The molecule has 0 radical (unpaired) electrons. The molecule has 19 heavy (non-hydrogen) atoms. The van der Waals surface area contributed by atoms with Crippen LogP contribution in [0.5, 0.6) is 0 Å². The van der Waals surface area contributed by atoms with E-state index in [9.17, 15) is 4.79 Å². The lowest BCUT2D eigenvalue weighted by molar-refractivity contribution is 0.0521. The van der Waals surface area contributed by atoms with E-state index >= 15 is 0 Å². The zero-order chi connectivity index (χ0) is 13.7. The third-order valence-electron chi connectivity index (χ3n) is 2.59. The van der Waals surface area contributed by atoms with Crippen molar-refractivity contribution in [3.05, 3.63) is 41.3 Å². The average molecular weight is 277 g/mol. The number of rotatable bonds is 5. The van der Waals surface area contributed by atoms with Crippen LogP contribution < -0.4 is 5.32 Å². The van der Waals surface area contributed by atoms with Gasteiger partial charge in [0.1, 0.15) is 5.00 Å². The van der Waals surface area contributed by atoms with Gasteiger partial charge in [-0.05, 0) is 31.5 Å². The molecule has 0 aliphatic carbocycles. The number of ether oxygens (including phenoxy) is 1. The fraction of sp³-hybridized carbons (Fsp3) is 0.308. The van der Waals surface area contributed by atoms with Crippen LogP contribution in [-0.2, 0) is 4.74 Å². The fourth-order valence-corrected chi connectivity index (χ4v) is 2.38. The second-order valence-corrected chi connectivity index (χ2v) is 4.75.